The van der Waals surface area contributed by atoms with Crippen LogP contribution in [0.2, 0.25) is 0 Å². The van der Waals surface area contributed by atoms with Gasteiger partial charge in [-0.2, -0.15) is 0 Å². The number of primary amides is 1. The monoisotopic (exact) mass is 329 g/mol. The van der Waals surface area contributed by atoms with Gasteiger partial charge in [-0.15, -0.1) is 0 Å². The van der Waals surface area contributed by atoms with Crippen molar-refractivity contribution in [3.05, 3.63) is 41.4 Å². The molecular weight excluding hydrogens is 302 g/mol. The summed E-state index contributed by atoms with van der Waals surface area (Å²) in [5.74, 6) is 0.659. The Kier molecular flexibility index (Phi) is 4.90. The number of amides is 1. The van der Waals surface area contributed by atoms with E-state index in [0.29, 0.717) is 11.5 Å². The fraction of sp³-hybridized carbons (Fsp3) is 0.579. The van der Waals surface area contributed by atoms with E-state index in [4.69, 9.17) is 10.5 Å². The summed E-state index contributed by atoms with van der Waals surface area (Å²) in [6, 6.07) is 1.83. The predicted octanol–water partition coefficient (Wildman–Crippen LogP) is 2.73. The lowest BCUT2D eigenvalue weighted by atomic mass is 9.69. The Bertz CT molecular complexity index is 639. The Morgan fingerprint density at radius 3 is 2.92 bits per heavy atom. The summed E-state index contributed by atoms with van der Waals surface area (Å²) in [6.07, 6.45) is 11.3. The number of ether oxygens (including phenoxy) is 1. The highest BCUT2D eigenvalue weighted by Gasteiger charge is 2.44. The molecule has 2 aliphatic rings. The molecule has 1 aromatic rings. The van der Waals surface area contributed by atoms with Gasteiger partial charge in [-0.1, -0.05) is 6.92 Å². The number of methoxy groups -OCH3 is 1. The minimum absolute atomic E-state index is 0.301. The summed E-state index contributed by atoms with van der Waals surface area (Å²) in [5.41, 5.74) is 7.45. The summed E-state index contributed by atoms with van der Waals surface area (Å²) in [6.45, 7) is 3.23. The number of rotatable bonds is 6. The van der Waals surface area contributed by atoms with Gasteiger partial charge in [-0.05, 0) is 61.8 Å². The van der Waals surface area contributed by atoms with E-state index in [-0.39, 0.29) is 0 Å². The number of nitrogens with zero attached hydrogens (tertiary/aromatic N) is 1. The topological polar surface area (TPSA) is 77.2 Å². The average molecular weight is 329 g/mol. The Balaban J connectivity index is 1.97. The highest BCUT2D eigenvalue weighted by atomic mass is 16.5. The van der Waals surface area contributed by atoms with Crippen molar-refractivity contribution in [3.8, 4) is 0 Å². The van der Waals surface area contributed by atoms with Crippen molar-refractivity contribution in [1.82, 2.24) is 10.3 Å². The largest absolute Gasteiger partial charge is 0.391 e. The molecule has 0 aliphatic heterocycles. The molecule has 0 aromatic carbocycles. The number of hydrogen-bond acceptors (Lipinski definition) is 4. The SMILES string of the molecule is COC1(c2cncc(C(N)=O)c2)/C(=C/NCC2CC2)CCCC1C. The number of pyridine rings is 1. The molecule has 130 valence electrons. The zero-order valence-electron chi connectivity index (χ0n) is 14.5. The Morgan fingerprint density at radius 2 is 2.25 bits per heavy atom. The molecule has 0 spiro atoms. The number of nitrogens with one attached hydrogen (secondary N) is 1. The van der Waals surface area contributed by atoms with Gasteiger partial charge in [0.15, 0.2) is 0 Å². The first kappa shape index (κ1) is 17.0. The maximum Gasteiger partial charge on any atom is 0.250 e. The number of nitrogens with two attached hydrogens (primary N) is 1. The van der Waals surface area contributed by atoms with Crippen LogP contribution in [0.3, 0.4) is 0 Å². The maximum absolute atomic E-state index is 11.6. The molecule has 1 amide bonds. The summed E-state index contributed by atoms with van der Waals surface area (Å²) < 4.78 is 6.10. The van der Waals surface area contributed by atoms with Crippen LogP contribution in [-0.4, -0.2) is 24.5 Å². The van der Waals surface area contributed by atoms with Gasteiger partial charge < -0.3 is 15.8 Å². The first-order valence-electron chi connectivity index (χ1n) is 8.81. The first-order valence-corrected chi connectivity index (χ1v) is 8.81. The number of carbonyl (C=O) groups excluding carboxylic acids is 1. The molecule has 2 saturated carbocycles. The minimum atomic E-state index is -0.548. The minimum Gasteiger partial charge on any atom is -0.391 e. The molecule has 5 nitrogen and oxygen atoms in total. The molecular formula is C19H27N3O2. The van der Waals surface area contributed by atoms with E-state index in [1.807, 2.05) is 6.07 Å². The van der Waals surface area contributed by atoms with Gasteiger partial charge in [-0.3, -0.25) is 9.78 Å². The molecule has 1 aromatic heterocycles. The normalized spacial score (nSPS) is 28.8. The summed E-state index contributed by atoms with van der Waals surface area (Å²) >= 11 is 0. The van der Waals surface area contributed by atoms with Crippen molar-refractivity contribution in [3.63, 3.8) is 0 Å². The van der Waals surface area contributed by atoms with Crippen molar-refractivity contribution >= 4 is 5.91 Å². The molecule has 2 atom stereocenters. The van der Waals surface area contributed by atoms with Crippen molar-refractivity contribution < 1.29 is 9.53 Å². The second-order valence-corrected chi connectivity index (χ2v) is 7.08. The van der Waals surface area contributed by atoms with Crippen LogP contribution in [0, 0.1) is 11.8 Å². The van der Waals surface area contributed by atoms with Crippen LogP contribution in [-0.2, 0) is 10.3 Å². The van der Waals surface area contributed by atoms with Crippen molar-refractivity contribution in [1.29, 1.82) is 0 Å². The molecule has 2 aliphatic carbocycles. The first-order chi connectivity index (χ1) is 11.6. The smallest absolute Gasteiger partial charge is 0.250 e. The molecule has 0 saturated heterocycles. The summed E-state index contributed by atoms with van der Waals surface area (Å²) in [5, 5.41) is 3.48. The molecule has 5 heteroatoms. The van der Waals surface area contributed by atoms with Gasteiger partial charge in [0.1, 0.15) is 5.60 Å². The van der Waals surface area contributed by atoms with Gasteiger partial charge in [-0.25, -0.2) is 0 Å². The maximum atomic E-state index is 11.6. The van der Waals surface area contributed by atoms with Crippen LogP contribution in [0.1, 0.15) is 54.9 Å². The van der Waals surface area contributed by atoms with E-state index in [2.05, 4.69) is 23.4 Å². The Hall–Kier alpha value is -1.88. The fourth-order valence-electron chi connectivity index (χ4n) is 3.85. The zero-order valence-corrected chi connectivity index (χ0v) is 14.5. The lowest BCUT2D eigenvalue weighted by molar-refractivity contribution is -0.0436. The van der Waals surface area contributed by atoms with Crippen LogP contribution in [0.15, 0.2) is 30.2 Å². The third kappa shape index (κ3) is 3.18. The molecule has 0 radical (unpaired) electrons. The summed E-state index contributed by atoms with van der Waals surface area (Å²) in [4.78, 5) is 15.8. The predicted molar refractivity (Wildman–Crippen MR) is 93.3 cm³/mol. The Morgan fingerprint density at radius 1 is 1.46 bits per heavy atom. The number of aromatic nitrogens is 1. The van der Waals surface area contributed by atoms with E-state index in [1.54, 1.807) is 13.3 Å². The molecule has 3 N–H and O–H groups in total. The second-order valence-electron chi connectivity index (χ2n) is 7.08. The van der Waals surface area contributed by atoms with E-state index < -0.39 is 11.5 Å². The van der Waals surface area contributed by atoms with Crippen LogP contribution in [0.25, 0.3) is 0 Å². The second kappa shape index (κ2) is 6.93. The molecule has 2 fully saturated rings. The van der Waals surface area contributed by atoms with E-state index >= 15 is 0 Å². The standard InChI is InChI=1S/C19H27N3O2/c1-13-4-3-5-16(11-21-9-14-6-7-14)19(13,24-2)17-8-15(18(20)23)10-22-12-17/h8,10-14,21H,3-7,9H2,1-2H3,(H2,20,23)/b16-11+. The van der Waals surface area contributed by atoms with Gasteiger partial charge in [0.25, 0.3) is 0 Å². The molecule has 24 heavy (non-hydrogen) atoms. The lowest BCUT2D eigenvalue weighted by Gasteiger charge is -2.44. The van der Waals surface area contributed by atoms with Crippen LogP contribution in [0.5, 0.6) is 0 Å². The molecule has 2 unspecified atom stereocenters. The van der Waals surface area contributed by atoms with Crippen molar-refractivity contribution in [2.24, 2.45) is 17.6 Å². The van der Waals surface area contributed by atoms with E-state index in [1.165, 1.54) is 24.6 Å². The van der Waals surface area contributed by atoms with Crippen LogP contribution >= 0.6 is 0 Å². The fourth-order valence-corrected chi connectivity index (χ4v) is 3.85. The van der Waals surface area contributed by atoms with Crippen molar-refractivity contribution in [2.75, 3.05) is 13.7 Å². The number of hydrogen-bond donors (Lipinski definition) is 2. The van der Waals surface area contributed by atoms with Crippen LogP contribution < -0.4 is 11.1 Å². The number of carbonyl (C=O) groups is 1. The van der Waals surface area contributed by atoms with Gasteiger partial charge >= 0.3 is 0 Å². The van der Waals surface area contributed by atoms with E-state index in [0.717, 1.165) is 37.3 Å². The van der Waals surface area contributed by atoms with Gasteiger partial charge in [0, 0.05) is 31.6 Å². The third-order valence-corrected chi connectivity index (χ3v) is 5.41. The highest BCUT2D eigenvalue weighted by molar-refractivity contribution is 5.92. The van der Waals surface area contributed by atoms with Gasteiger partial charge in [0.2, 0.25) is 5.91 Å². The molecule has 0 bridgehead atoms. The van der Waals surface area contributed by atoms with E-state index in [9.17, 15) is 4.79 Å². The Labute approximate surface area is 143 Å². The van der Waals surface area contributed by atoms with Gasteiger partial charge in [0.05, 0.1) is 5.56 Å². The molecule has 1 heterocycles. The average Bonchev–Trinajstić information content (AvgIpc) is 3.40. The lowest BCUT2D eigenvalue weighted by Crippen LogP contribution is -2.41. The molecule has 3 rings (SSSR count). The zero-order chi connectivity index (χ0) is 17.2. The quantitative estimate of drug-likeness (QED) is 0.841. The van der Waals surface area contributed by atoms with Crippen molar-refractivity contribution in [2.45, 2.75) is 44.6 Å². The summed E-state index contributed by atoms with van der Waals surface area (Å²) in [7, 11) is 1.74. The van der Waals surface area contributed by atoms with Crippen LogP contribution in [0.4, 0.5) is 0 Å². The highest BCUT2D eigenvalue weighted by Crippen LogP contribution is 2.47. The third-order valence-electron chi connectivity index (χ3n) is 5.41.